The number of aromatic nitrogens is 3. The summed E-state index contributed by atoms with van der Waals surface area (Å²) < 4.78 is 7.49. The zero-order valence-electron chi connectivity index (χ0n) is 20.3. The number of carbonyl (C=O) groups is 1. The summed E-state index contributed by atoms with van der Waals surface area (Å²) in [7, 11) is 3.69. The molecule has 1 amide bonds. The van der Waals surface area contributed by atoms with Crippen LogP contribution in [0.3, 0.4) is 0 Å². The third-order valence-electron chi connectivity index (χ3n) is 8.06. The lowest BCUT2D eigenvalue weighted by Gasteiger charge is -2.60. The molecule has 0 atom stereocenters. The van der Waals surface area contributed by atoms with Crippen molar-refractivity contribution in [1.82, 2.24) is 19.7 Å². The van der Waals surface area contributed by atoms with Gasteiger partial charge in [-0.15, -0.1) is 10.2 Å². The van der Waals surface area contributed by atoms with Crippen molar-refractivity contribution in [3.8, 4) is 5.75 Å². The zero-order valence-corrected chi connectivity index (χ0v) is 21.1. The molecule has 7 heteroatoms. The van der Waals surface area contributed by atoms with E-state index in [1.807, 2.05) is 23.7 Å². The Morgan fingerprint density at radius 1 is 1.18 bits per heavy atom. The van der Waals surface area contributed by atoms with Gasteiger partial charge in [0.2, 0.25) is 5.91 Å². The van der Waals surface area contributed by atoms with E-state index in [4.69, 9.17) is 4.74 Å². The van der Waals surface area contributed by atoms with Crippen LogP contribution in [0.4, 0.5) is 0 Å². The Hall–Kier alpha value is -2.02. The Labute approximate surface area is 201 Å². The molecule has 6 nitrogen and oxygen atoms in total. The number of amides is 1. The Kier molecular flexibility index (Phi) is 6.19. The first-order chi connectivity index (χ1) is 15.9. The quantitative estimate of drug-likeness (QED) is 0.508. The van der Waals surface area contributed by atoms with Gasteiger partial charge in [0.1, 0.15) is 11.6 Å². The Morgan fingerprint density at radius 3 is 2.42 bits per heavy atom. The number of carbonyl (C=O) groups excluding carboxylic acids is 1. The lowest BCUT2D eigenvalue weighted by atomic mass is 9.52. The highest BCUT2D eigenvalue weighted by molar-refractivity contribution is 7.99. The van der Waals surface area contributed by atoms with Crippen molar-refractivity contribution in [3.05, 3.63) is 35.7 Å². The van der Waals surface area contributed by atoms with Gasteiger partial charge in [-0.25, -0.2) is 0 Å². The molecule has 1 aromatic heterocycles. The van der Waals surface area contributed by atoms with E-state index in [1.54, 1.807) is 7.11 Å². The molecule has 1 heterocycles. The molecule has 0 saturated heterocycles. The summed E-state index contributed by atoms with van der Waals surface area (Å²) in [5.74, 6) is 5.10. The van der Waals surface area contributed by atoms with Crippen LogP contribution in [0.2, 0.25) is 0 Å². The minimum Gasteiger partial charge on any atom is -0.497 e. The second-order valence-electron chi connectivity index (χ2n) is 10.8. The zero-order chi connectivity index (χ0) is 23.2. The fourth-order valence-electron chi connectivity index (χ4n) is 7.03. The Balaban J connectivity index is 1.39. The second-order valence-corrected chi connectivity index (χ2v) is 11.8. The van der Waals surface area contributed by atoms with E-state index in [0.29, 0.717) is 18.2 Å². The van der Waals surface area contributed by atoms with Crippen molar-refractivity contribution >= 4 is 17.7 Å². The highest BCUT2D eigenvalue weighted by Crippen LogP contribution is 2.58. The van der Waals surface area contributed by atoms with Gasteiger partial charge >= 0.3 is 0 Å². The topological polar surface area (TPSA) is 60.2 Å². The predicted molar refractivity (Wildman–Crippen MR) is 130 cm³/mol. The molecule has 0 aliphatic heterocycles. The van der Waals surface area contributed by atoms with Crippen LogP contribution < -0.4 is 4.74 Å². The molecule has 0 radical (unpaired) electrons. The summed E-state index contributed by atoms with van der Waals surface area (Å²) in [4.78, 5) is 16.1. The molecule has 0 unspecified atom stereocenters. The number of thioether (sulfide) groups is 1. The fourth-order valence-corrected chi connectivity index (χ4v) is 7.82. The maximum Gasteiger partial charge on any atom is 0.233 e. The largest absolute Gasteiger partial charge is 0.497 e. The summed E-state index contributed by atoms with van der Waals surface area (Å²) in [6.07, 6.45) is 7.60. The minimum atomic E-state index is 0.0124. The van der Waals surface area contributed by atoms with E-state index in [9.17, 15) is 4.79 Å². The van der Waals surface area contributed by atoms with E-state index < -0.39 is 0 Å². The van der Waals surface area contributed by atoms with Gasteiger partial charge in [0.25, 0.3) is 0 Å². The minimum absolute atomic E-state index is 0.0124. The number of ether oxygens (including phenoxy) is 1. The van der Waals surface area contributed by atoms with Crippen LogP contribution in [0.15, 0.2) is 29.4 Å². The van der Waals surface area contributed by atoms with Crippen molar-refractivity contribution in [2.45, 2.75) is 75.5 Å². The van der Waals surface area contributed by atoms with Gasteiger partial charge in [0, 0.05) is 25.0 Å². The molecule has 0 N–H and O–H groups in total. The Morgan fingerprint density at radius 2 is 1.85 bits per heavy atom. The fraction of sp³-hybridized carbons (Fsp3) is 0.654. The average molecular weight is 469 g/mol. The molecule has 178 valence electrons. The van der Waals surface area contributed by atoms with Gasteiger partial charge in [-0.3, -0.25) is 4.79 Å². The van der Waals surface area contributed by atoms with Gasteiger partial charge in [0.15, 0.2) is 5.16 Å². The van der Waals surface area contributed by atoms with Crippen molar-refractivity contribution in [1.29, 1.82) is 0 Å². The molecule has 4 fully saturated rings. The van der Waals surface area contributed by atoms with E-state index >= 15 is 0 Å². The Bertz CT molecular complexity index is 982. The SMILES string of the molecule is COc1cccc(CN(C(=O)CSc2nnc(C(C)C)n2C)C23CC4CC(CC(C4)C2)C3)c1. The van der Waals surface area contributed by atoms with Crippen LogP contribution >= 0.6 is 11.8 Å². The first-order valence-electron chi connectivity index (χ1n) is 12.3. The smallest absolute Gasteiger partial charge is 0.233 e. The third-order valence-corrected chi connectivity index (χ3v) is 9.07. The van der Waals surface area contributed by atoms with Crippen LogP contribution in [0.5, 0.6) is 5.75 Å². The van der Waals surface area contributed by atoms with Gasteiger partial charge in [0.05, 0.1) is 12.9 Å². The first-order valence-corrected chi connectivity index (χ1v) is 13.3. The van der Waals surface area contributed by atoms with Crippen LogP contribution in [-0.4, -0.2) is 44.0 Å². The van der Waals surface area contributed by atoms with Crippen LogP contribution in [0.1, 0.15) is 69.7 Å². The van der Waals surface area contributed by atoms with E-state index in [2.05, 4.69) is 41.1 Å². The van der Waals surface area contributed by atoms with E-state index in [0.717, 1.165) is 40.0 Å². The maximum atomic E-state index is 13.9. The van der Waals surface area contributed by atoms with Gasteiger partial charge < -0.3 is 14.2 Å². The van der Waals surface area contributed by atoms with E-state index in [1.165, 1.54) is 50.3 Å². The maximum absolute atomic E-state index is 13.9. The molecule has 4 bridgehead atoms. The molecular weight excluding hydrogens is 432 g/mol. The first kappa shape index (κ1) is 22.8. The predicted octanol–water partition coefficient (Wildman–Crippen LogP) is 5.04. The standard InChI is InChI=1S/C26H36N4O2S/c1-17(2)24-27-28-25(29(24)3)33-16-23(31)30(15-18-6-5-7-22(11-18)32-4)26-12-19-8-20(13-26)10-21(9-19)14-26/h5-7,11,17,19-21H,8-10,12-16H2,1-4H3. The highest BCUT2D eigenvalue weighted by Gasteiger charge is 2.54. The van der Waals surface area contributed by atoms with Crippen LogP contribution in [0, 0.1) is 17.8 Å². The highest BCUT2D eigenvalue weighted by atomic mass is 32.2. The lowest BCUT2D eigenvalue weighted by molar-refractivity contribution is -0.149. The summed E-state index contributed by atoms with van der Waals surface area (Å²) in [5, 5.41) is 9.51. The van der Waals surface area contributed by atoms with Crippen LogP contribution in [-0.2, 0) is 18.4 Å². The molecule has 33 heavy (non-hydrogen) atoms. The number of methoxy groups -OCH3 is 1. The molecule has 4 aliphatic carbocycles. The number of nitrogens with zero attached hydrogens (tertiary/aromatic N) is 4. The third kappa shape index (κ3) is 4.41. The van der Waals surface area contributed by atoms with E-state index in [-0.39, 0.29) is 11.4 Å². The molecule has 4 saturated carbocycles. The van der Waals surface area contributed by atoms with Gasteiger partial charge in [-0.05, 0) is 74.0 Å². The normalized spacial score (nSPS) is 27.8. The lowest BCUT2D eigenvalue weighted by Crippen LogP contribution is -2.61. The van der Waals surface area contributed by atoms with Gasteiger partial charge in [-0.2, -0.15) is 0 Å². The molecule has 0 spiro atoms. The number of rotatable bonds is 8. The second kappa shape index (κ2) is 8.97. The summed E-state index contributed by atoms with van der Waals surface area (Å²) in [6.45, 7) is 4.89. The number of hydrogen-bond donors (Lipinski definition) is 0. The summed E-state index contributed by atoms with van der Waals surface area (Å²) in [6, 6.07) is 8.19. The number of hydrogen-bond acceptors (Lipinski definition) is 5. The van der Waals surface area contributed by atoms with Crippen molar-refractivity contribution in [2.24, 2.45) is 24.8 Å². The molecular formula is C26H36N4O2S. The molecule has 4 aliphatic rings. The van der Waals surface area contributed by atoms with Crippen LogP contribution in [0.25, 0.3) is 0 Å². The number of benzene rings is 1. The monoisotopic (exact) mass is 468 g/mol. The molecule has 6 rings (SSSR count). The average Bonchev–Trinajstić information content (AvgIpc) is 3.15. The molecule has 1 aromatic carbocycles. The van der Waals surface area contributed by atoms with Crippen molar-refractivity contribution in [2.75, 3.05) is 12.9 Å². The van der Waals surface area contributed by atoms with Crippen molar-refractivity contribution < 1.29 is 9.53 Å². The summed E-state index contributed by atoms with van der Waals surface area (Å²) >= 11 is 1.52. The van der Waals surface area contributed by atoms with Crippen molar-refractivity contribution in [3.63, 3.8) is 0 Å². The summed E-state index contributed by atoms with van der Waals surface area (Å²) in [5.41, 5.74) is 1.16. The molecule has 2 aromatic rings. The van der Waals surface area contributed by atoms with Gasteiger partial charge in [-0.1, -0.05) is 37.7 Å².